The highest BCUT2D eigenvalue weighted by Gasteiger charge is 2.35. The molecule has 2 aromatic rings. The molecule has 8 nitrogen and oxygen atoms in total. The maximum Gasteiger partial charge on any atom is 0.246 e. The highest BCUT2D eigenvalue weighted by molar-refractivity contribution is 7.89. The molecule has 0 radical (unpaired) electrons. The van der Waals surface area contributed by atoms with E-state index >= 15 is 0 Å². The van der Waals surface area contributed by atoms with E-state index in [1.807, 2.05) is 6.92 Å². The summed E-state index contributed by atoms with van der Waals surface area (Å²) in [5, 5.41) is 7.83. The van der Waals surface area contributed by atoms with Gasteiger partial charge in [0.25, 0.3) is 0 Å². The number of sulfonamides is 1. The first-order chi connectivity index (χ1) is 10.9. The highest BCUT2D eigenvalue weighted by atomic mass is 32.2. The summed E-state index contributed by atoms with van der Waals surface area (Å²) >= 11 is 0. The van der Waals surface area contributed by atoms with E-state index in [9.17, 15) is 8.42 Å². The van der Waals surface area contributed by atoms with Crippen molar-refractivity contribution in [2.75, 3.05) is 19.7 Å². The Kier molecular flexibility index (Phi) is 4.26. The molecule has 1 saturated heterocycles. The van der Waals surface area contributed by atoms with Gasteiger partial charge in [-0.25, -0.2) is 8.42 Å². The summed E-state index contributed by atoms with van der Waals surface area (Å²) in [7, 11) is -3.64. The SMILES string of the molecule is CCc1nnc([C@@H]2CN(S(=O)(=O)c3cc(C)oc3C)CCO2)o1. The van der Waals surface area contributed by atoms with Crippen molar-refractivity contribution in [2.24, 2.45) is 0 Å². The van der Waals surface area contributed by atoms with Crippen LogP contribution in [-0.4, -0.2) is 42.6 Å². The lowest BCUT2D eigenvalue weighted by Crippen LogP contribution is -2.42. The Labute approximate surface area is 134 Å². The molecule has 1 aliphatic rings. The minimum atomic E-state index is -3.64. The van der Waals surface area contributed by atoms with Crippen LogP contribution in [0.25, 0.3) is 0 Å². The summed E-state index contributed by atoms with van der Waals surface area (Å²) in [5.41, 5.74) is 0. The van der Waals surface area contributed by atoms with Crippen LogP contribution in [0.1, 0.15) is 36.3 Å². The van der Waals surface area contributed by atoms with Gasteiger partial charge in [0.05, 0.1) is 6.61 Å². The molecule has 0 amide bonds. The van der Waals surface area contributed by atoms with Crippen LogP contribution in [0.3, 0.4) is 0 Å². The number of morpholine rings is 1. The van der Waals surface area contributed by atoms with Gasteiger partial charge in [0.15, 0.2) is 0 Å². The minimum absolute atomic E-state index is 0.136. The smallest absolute Gasteiger partial charge is 0.246 e. The number of furan rings is 1. The molecule has 0 unspecified atom stereocenters. The zero-order chi connectivity index (χ0) is 16.6. The summed E-state index contributed by atoms with van der Waals surface area (Å²) in [4.78, 5) is 0.190. The molecular weight excluding hydrogens is 322 g/mol. The van der Waals surface area contributed by atoms with Gasteiger partial charge < -0.3 is 13.6 Å². The van der Waals surface area contributed by atoms with E-state index < -0.39 is 16.1 Å². The van der Waals surface area contributed by atoms with Crippen molar-refractivity contribution in [1.82, 2.24) is 14.5 Å². The molecular formula is C14H19N3O5S. The summed E-state index contributed by atoms with van der Waals surface area (Å²) in [6, 6.07) is 1.54. The Hall–Kier alpha value is -1.71. The first-order valence-electron chi connectivity index (χ1n) is 7.43. The van der Waals surface area contributed by atoms with Gasteiger partial charge >= 0.3 is 0 Å². The highest BCUT2D eigenvalue weighted by Crippen LogP contribution is 2.28. The predicted octanol–water partition coefficient (Wildman–Crippen LogP) is 1.60. The van der Waals surface area contributed by atoms with Crippen LogP contribution in [0.4, 0.5) is 0 Å². The average molecular weight is 341 g/mol. The van der Waals surface area contributed by atoms with Crippen molar-refractivity contribution in [3.63, 3.8) is 0 Å². The van der Waals surface area contributed by atoms with Crippen molar-refractivity contribution in [1.29, 1.82) is 0 Å². The Bertz CT molecular complexity index is 795. The van der Waals surface area contributed by atoms with Gasteiger partial charge in [0, 0.05) is 19.5 Å². The van der Waals surface area contributed by atoms with Crippen LogP contribution in [0, 0.1) is 13.8 Å². The van der Waals surface area contributed by atoms with Gasteiger partial charge in [-0.3, -0.25) is 0 Å². The molecule has 1 fully saturated rings. The van der Waals surface area contributed by atoms with Crippen molar-refractivity contribution in [2.45, 2.75) is 38.2 Å². The molecule has 0 aliphatic carbocycles. The molecule has 126 valence electrons. The number of hydrogen-bond acceptors (Lipinski definition) is 7. The fourth-order valence-corrected chi connectivity index (χ4v) is 4.18. The van der Waals surface area contributed by atoms with E-state index in [1.54, 1.807) is 13.8 Å². The predicted molar refractivity (Wildman–Crippen MR) is 79.3 cm³/mol. The second-order valence-corrected chi connectivity index (χ2v) is 7.29. The molecule has 0 aromatic carbocycles. The number of ether oxygens (including phenoxy) is 1. The fraction of sp³-hybridized carbons (Fsp3) is 0.571. The van der Waals surface area contributed by atoms with Crippen LogP contribution in [0.2, 0.25) is 0 Å². The maximum absolute atomic E-state index is 12.8. The lowest BCUT2D eigenvalue weighted by molar-refractivity contribution is -0.0178. The first-order valence-corrected chi connectivity index (χ1v) is 8.87. The summed E-state index contributed by atoms with van der Waals surface area (Å²) in [6.07, 6.45) is 0.0644. The summed E-state index contributed by atoms with van der Waals surface area (Å²) in [6.45, 7) is 5.94. The van der Waals surface area contributed by atoms with Crippen LogP contribution in [-0.2, 0) is 21.2 Å². The van der Waals surface area contributed by atoms with E-state index in [4.69, 9.17) is 13.6 Å². The zero-order valence-corrected chi connectivity index (χ0v) is 14.1. The summed E-state index contributed by atoms with van der Waals surface area (Å²) < 4.78 is 43.4. The largest absolute Gasteiger partial charge is 0.465 e. The van der Waals surface area contributed by atoms with Crippen molar-refractivity contribution >= 4 is 10.0 Å². The molecule has 23 heavy (non-hydrogen) atoms. The molecule has 9 heteroatoms. The Morgan fingerprint density at radius 1 is 1.30 bits per heavy atom. The van der Waals surface area contributed by atoms with Crippen LogP contribution < -0.4 is 0 Å². The molecule has 3 heterocycles. The maximum atomic E-state index is 12.8. The third-order valence-corrected chi connectivity index (χ3v) is 5.68. The monoisotopic (exact) mass is 341 g/mol. The number of hydrogen-bond donors (Lipinski definition) is 0. The Balaban J connectivity index is 1.84. The quantitative estimate of drug-likeness (QED) is 0.833. The minimum Gasteiger partial charge on any atom is -0.465 e. The van der Waals surface area contributed by atoms with Crippen molar-refractivity contribution in [3.05, 3.63) is 29.4 Å². The topological polar surface area (TPSA) is 98.7 Å². The lowest BCUT2D eigenvalue weighted by Gasteiger charge is -2.30. The number of nitrogens with zero attached hydrogens (tertiary/aromatic N) is 3. The summed E-state index contributed by atoms with van der Waals surface area (Å²) in [5.74, 6) is 1.76. The number of aromatic nitrogens is 2. The third-order valence-electron chi connectivity index (χ3n) is 3.70. The number of aryl methyl sites for hydroxylation is 3. The van der Waals surface area contributed by atoms with E-state index in [1.165, 1.54) is 10.4 Å². The van der Waals surface area contributed by atoms with E-state index in [2.05, 4.69) is 10.2 Å². The fourth-order valence-electron chi connectivity index (χ4n) is 2.54. The van der Waals surface area contributed by atoms with Crippen LogP contribution in [0.5, 0.6) is 0 Å². The van der Waals surface area contributed by atoms with Crippen molar-refractivity contribution < 1.29 is 22.0 Å². The second kappa shape index (κ2) is 6.06. The normalized spacial score (nSPS) is 20.0. The van der Waals surface area contributed by atoms with Gasteiger partial charge in [-0.15, -0.1) is 10.2 Å². The molecule has 1 aliphatic heterocycles. The second-order valence-electron chi connectivity index (χ2n) is 5.39. The average Bonchev–Trinajstić information content (AvgIpc) is 3.14. The van der Waals surface area contributed by atoms with Crippen molar-refractivity contribution in [3.8, 4) is 0 Å². The zero-order valence-electron chi connectivity index (χ0n) is 13.3. The van der Waals surface area contributed by atoms with Crippen LogP contribution in [0.15, 0.2) is 19.8 Å². The Morgan fingerprint density at radius 2 is 2.09 bits per heavy atom. The Morgan fingerprint density at radius 3 is 2.70 bits per heavy atom. The molecule has 2 aromatic heterocycles. The van der Waals surface area contributed by atoms with Gasteiger partial charge in [-0.2, -0.15) is 4.31 Å². The van der Waals surface area contributed by atoms with E-state index in [0.717, 1.165) is 0 Å². The standard InChI is InChI=1S/C14H19N3O5S/c1-4-13-15-16-14(22-13)11-8-17(5-6-20-11)23(18,19)12-7-9(2)21-10(12)3/h7,11H,4-6,8H2,1-3H3/t11-/m0/s1. The van der Waals surface area contributed by atoms with Crippen LogP contribution >= 0.6 is 0 Å². The molecule has 0 spiro atoms. The number of rotatable bonds is 4. The third kappa shape index (κ3) is 3.04. The molecule has 0 N–H and O–H groups in total. The van der Waals surface area contributed by atoms with E-state index in [-0.39, 0.29) is 24.6 Å². The van der Waals surface area contributed by atoms with E-state index in [0.29, 0.717) is 29.7 Å². The van der Waals surface area contributed by atoms with Gasteiger partial charge in [-0.05, 0) is 19.9 Å². The first kappa shape index (κ1) is 16.2. The van der Waals surface area contributed by atoms with Gasteiger partial charge in [-0.1, -0.05) is 6.92 Å². The molecule has 1 atom stereocenters. The van der Waals surface area contributed by atoms with Gasteiger partial charge in [0.2, 0.25) is 21.8 Å². The van der Waals surface area contributed by atoms with Gasteiger partial charge in [0.1, 0.15) is 22.5 Å². The molecule has 3 rings (SSSR count). The molecule has 0 bridgehead atoms. The molecule has 0 saturated carbocycles. The lowest BCUT2D eigenvalue weighted by atomic mass is 10.3.